The first-order valence-corrected chi connectivity index (χ1v) is 8.41. The Hall–Kier alpha value is -3.40. The minimum atomic E-state index is -0.362. The lowest BCUT2D eigenvalue weighted by Crippen LogP contribution is -1.96. The van der Waals surface area contributed by atoms with Gasteiger partial charge < -0.3 is 4.74 Å². The average molecular weight is 343 g/mol. The highest BCUT2D eigenvalue weighted by Crippen LogP contribution is 2.41. The lowest BCUT2D eigenvalue weighted by atomic mass is 9.88. The molecule has 0 aromatic heterocycles. The Morgan fingerprint density at radius 3 is 2.50 bits per heavy atom. The third-order valence-electron chi connectivity index (χ3n) is 4.69. The summed E-state index contributed by atoms with van der Waals surface area (Å²) in [4.78, 5) is 10.8. The van der Waals surface area contributed by atoms with Crippen LogP contribution < -0.4 is 4.74 Å². The number of rotatable bonds is 2. The maximum atomic E-state index is 11.2. The van der Waals surface area contributed by atoms with Crippen molar-refractivity contribution in [2.24, 2.45) is 0 Å². The summed E-state index contributed by atoms with van der Waals surface area (Å²) < 4.78 is 6.01. The largest absolute Gasteiger partial charge is 0.488 e. The Balaban J connectivity index is 2.01. The van der Waals surface area contributed by atoms with Crippen molar-refractivity contribution in [3.8, 4) is 5.75 Å². The zero-order chi connectivity index (χ0) is 18.1. The molecule has 0 spiro atoms. The van der Waals surface area contributed by atoms with E-state index < -0.39 is 0 Å². The van der Waals surface area contributed by atoms with E-state index in [1.54, 1.807) is 12.1 Å². The van der Waals surface area contributed by atoms with Gasteiger partial charge in [0.1, 0.15) is 12.4 Å². The molecule has 0 saturated carbocycles. The SMILES string of the molecule is C/C(=C1/c2ccccc2COc2ccccc21)c1cccc([N+](=O)[O-])c1. The maximum Gasteiger partial charge on any atom is 0.270 e. The monoisotopic (exact) mass is 343 g/mol. The predicted octanol–water partition coefficient (Wildman–Crippen LogP) is 5.47. The number of hydrogen-bond donors (Lipinski definition) is 0. The van der Waals surface area contributed by atoms with Crippen LogP contribution in [0.15, 0.2) is 72.8 Å². The van der Waals surface area contributed by atoms with Crippen molar-refractivity contribution in [2.45, 2.75) is 13.5 Å². The molecular weight excluding hydrogens is 326 g/mol. The van der Waals surface area contributed by atoms with Crippen LogP contribution in [-0.2, 0) is 6.61 Å². The first-order valence-electron chi connectivity index (χ1n) is 8.41. The number of para-hydroxylation sites is 1. The molecule has 0 bridgehead atoms. The smallest absolute Gasteiger partial charge is 0.270 e. The van der Waals surface area contributed by atoms with Gasteiger partial charge in [-0.15, -0.1) is 0 Å². The fraction of sp³-hybridized carbons (Fsp3) is 0.0909. The van der Waals surface area contributed by atoms with Crippen molar-refractivity contribution < 1.29 is 9.66 Å². The van der Waals surface area contributed by atoms with E-state index in [2.05, 4.69) is 12.1 Å². The molecule has 0 atom stereocenters. The quantitative estimate of drug-likeness (QED) is 0.458. The van der Waals surface area contributed by atoms with E-state index in [0.29, 0.717) is 6.61 Å². The van der Waals surface area contributed by atoms with Gasteiger partial charge in [0.15, 0.2) is 0 Å². The van der Waals surface area contributed by atoms with Gasteiger partial charge >= 0.3 is 0 Å². The Kier molecular flexibility index (Phi) is 4.01. The van der Waals surface area contributed by atoms with E-state index in [0.717, 1.165) is 39.1 Å². The van der Waals surface area contributed by atoms with Crippen LogP contribution in [-0.4, -0.2) is 4.92 Å². The van der Waals surface area contributed by atoms with Gasteiger partial charge in [-0.1, -0.05) is 54.6 Å². The van der Waals surface area contributed by atoms with E-state index in [1.165, 1.54) is 6.07 Å². The standard InChI is InChI=1S/C22H17NO3/c1-15(16-8-6-9-18(13-16)23(24)25)22-19-10-3-2-7-17(19)14-26-21-12-5-4-11-20(21)22/h2-13H,14H2,1H3/b22-15+. The lowest BCUT2D eigenvalue weighted by molar-refractivity contribution is -0.384. The van der Waals surface area contributed by atoms with Crippen LogP contribution in [0.5, 0.6) is 5.75 Å². The summed E-state index contributed by atoms with van der Waals surface area (Å²) in [6, 6.07) is 22.8. The fourth-order valence-corrected chi connectivity index (χ4v) is 3.39. The fourth-order valence-electron chi connectivity index (χ4n) is 3.39. The number of ether oxygens (including phenoxy) is 1. The van der Waals surface area contributed by atoms with E-state index >= 15 is 0 Å². The molecule has 0 amide bonds. The van der Waals surface area contributed by atoms with E-state index in [4.69, 9.17) is 4.74 Å². The zero-order valence-electron chi connectivity index (χ0n) is 14.3. The van der Waals surface area contributed by atoms with Crippen LogP contribution in [0.25, 0.3) is 11.1 Å². The van der Waals surface area contributed by atoms with E-state index in [1.807, 2.05) is 49.4 Å². The summed E-state index contributed by atoms with van der Waals surface area (Å²) >= 11 is 0. The number of hydrogen-bond acceptors (Lipinski definition) is 3. The van der Waals surface area contributed by atoms with Gasteiger partial charge in [-0.05, 0) is 40.8 Å². The van der Waals surface area contributed by atoms with Crippen LogP contribution in [0.3, 0.4) is 0 Å². The summed E-state index contributed by atoms with van der Waals surface area (Å²) in [7, 11) is 0. The summed E-state index contributed by atoms with van der Waals surface area (Å²) in [6.07, 6.45) is 0. The summed E-state index contributed by atoms with van der Waals surface area (Å²) in [5.41, 5.74) is 6.16. The number of nitro groups is 1. The molecule has 4 heteroatoms. The molecular formula is C22H17NO3. The molecule has 0 aliphatic carbocycles. The van der Waals surface area contributed by atoms with Crippen molar-refractivity contribution in [1.82, 2.24) is 0 Å². The molecule has 0 N–H and O–H groups in total. The van der Waals surface area contributed by atoms with Crippen LogP contribution >= 0.6 is 0 Å². The summed E-state index contributed by atoms with van der Waals surface area (Å²) in [5, 5.41) is 11.2. The van der Waals surface area contributed by atoms with Crippen molar-refractivity contribution in [1.29, 1.82) is 0 Å². The van der Waals surface area contributed by atoms with Gasteiger partial charge in [0, 0.05) is 17.7 Å². The number of nitro benzene ring substituents is 1. The topological polar surface area (TPSA) is 52.4 Å². The number of non-ortho nitro benzene ring substituents is 1. The molecule has 1 heterocycles. The Morgan fingerprint density at radius 2 is 1.69 bits per heavy atom. The first kappa shape index (κ1) is 16.1. The number of allylic oxidation sites excluding steroid dienone is 1. The molecule has 0 radical (unpaired) electrons. The van der Waals surface area contributed by atoms with Crippen LogP contribution in [0.1, 0.15) is 29.2 Å². The Bertz CT molecular complexity index is 987. The third kappa shape index (κ3) is 2.75. The van der Waals surface area contributed by atoms with Gasteiger partial charge in [-0.25, -0.2) is 0 Å². The highest BCUT2D eigenvalue weighted by Gasteiger charge is 2.21. The lowest BCUT2D eigenvalue weighted by Gasteiger charge is -2.15. The normalized spacial score (nSPS) is 14.5. The third-order valence-corrected chi connectivity index (χ3v) is 4.69. The summed E-state index contributed by atoms with van der Waals surface area (Å²) in [5.74, 6) is 0.823. The van der Waals surface area contributed by atoms with Crippen LogP contribution in [0.2, 0.25) is 0 Å². The molecule has 4 rings (SSSR count). The van der Waals surface area contributed by atoms with Crippen molar-refractivity contribution in [3.63, 3.8) is 0 Å². The van der Waals surface area contributed by atoms with Gasteiger partial charge in [-0.3, -0.25) is 10.1 Å². The second-order valence-electron chi connectivity index (χ2n) is 6.25. The van der Waals surface area contributed by atoms with Gasteiger partial charge in [0.05, 0.1) is 4.92 Å². The molecule has 128 valence electrons. The molecule has 3 aromatic rings. The molecule has 4 nitrogen and oxygen atoms in total. The number of benzene rings is 3. The second-order valence-corrected chi connectivity index (χ2v) is 6.25. The molecule has 0 unspecified atom stereocenters. The van der Waals surface area contributed by atoms with Crippen molar-refractivity contribution >= 4 is 16.8 Å². The first-order chi connectivity index (χ1) is 12.6. The highest BCUT2D eigenvalue weighted by atomic mass is 16.6. The molecule has 1 aliphatic heterocycles. The predicted molar refractivity (Wildman–Crippen MR) is 102 cm³/mol. The minimum absolute atomic E-state index is 0.0916. The summed E-state index contributed by atoms with van der Waals surface area (Å²) in [6.45, 7) is 2.51. The molecule has 1 aliphatic rings. The minimum Gasteiger partial charge on any atom is -0.488 e. The highest BCUT2D eigenvalue weighted by molar-refractivity contribution is 6.00. The van der Waals surface area contributed by atoms with E-state index in [-0.39, 0.29) is 10.6 Å². The van der Waals surface area contributed by atoms with Crippen LogP contribution in [0.4, 0.5) is 5.69 Å². The van der Waals surface area contributed by atoms with Crippen LogP contribution in [0, 0.1) is 10.1 Å². The van der Waals surface area contributed by atoms with E-state index in [9.17, 15) is 10.1 Å². The Morgan fingerprint density at radius 1 is 0.962 bits per heavy atom. The van der Waals surface area contributed by atoms with Crippen molar-refractivity contribution in [3.05, 3.63) is 105 Å². The average Bonchev–Trinajstić information content (AvgIpc) is 2.84. The van der Waals surface area contributed by atoms with Gasteiger partial charge in [0.25, 0.3) is 5.69 Å². The van der Waals surface area contributed by atoms with Crippen molar-refractivity contribution in [2.75, 3.05) is 0 Å². The molecule has 0 saturated heterocycles. The van der Waals surface area contributed by atoms with Gasteiger partial charge in [0.2, 0.25) is 0 Å². The molecule has 0 fully saturated rings. The molecule has 26 heavy (non-hydrogen) atoms. The van der Waals surface area contributed by atoms with Gasteiger partial charge in [-0.2, -0.15) is 0 Å². The Labute approximate surface area is 151 Å². The second kappa shape index (κ2) is 6.48. The number of fused-ring (bicyclic) bond motifs is 2. The number of nitrogens with zero attached hydrogens (tertiary/aromatic N) is 1. The maximum absolute atomic E-state index is 11.2. The molecule has 3 aromatic carbocycles. The zero-order valence-corrected chi connectivity index (χ0v) is 14.3.